The average molecular weight is 387 g/mol. The van der Waals surface area contributed by atoms with Crippen LogP contribution in [0.25, 0.3) is 0 Å². The minimum atomic E-state index is -0.574. The van der Waals surface area contributed by atoms with E-state index in [0.717, 1.165) is 24.0 Å². The summed E-state index contributed by atoms with van der Waals surface area (Å²) in [6.07, 6.45) is 2.67. The van der Waals surface area contributed by atoms with Crippen LogP contribution in [-0.2, 0) is 25.6 Å². The summed E-state index contributed by atoms with van der Waals surface area (Å²) in [5.74, 6) is -0.837. The molecule has 2 rings (SSSR count). The molecule has 0 saturated carbocycles. The molecule has 1 unspecified atom stereocenters. The summed E-state index contributed by atoms with van der Waals surface area (Å²) < 4.78 is 0. The van der Waals surface area contributed by atoms with E-state index in [-0.39, 0.29) is 43.0 Å². The fourth-order valence-electron chi connectivity index (χ4n) is 3.35. The second-order valence-electron chi connectivity index (χ2n) is 7.19. The lowest BCUT2D eigenvalue weighted by Crippen LogP contribution is -2.49. The molecule has 1 aliphatic rings. The van der Waals surface area contributed by atoms with Crippen LogP contribution >= 0.6 is 0 Å². The van der Waals surface area contributed by atoms with Crippen molar-refractivity contribution in [3.05, 3.63) is 35.4 Å². The van der Waals surface area contributed by atoms with Crippen LogP contribution in [0.4, 0.5) is 0 Å². The van der Waals surface area contributed by atoms with E-state index in [1.165, 1.54) is 4.90 Å². The van der Waals surface area contributed by atoms with Crippen molar-refractivity contribution in [3.8, 4) is 0 Å². The van der Waals surface area contributed by atoms with Gasteiger partial charge in [-0.3, -0.25) is 19.2 Å². The number of aryl methyl sites for hydroxylation is 1. The van der Waals surface area contributed by atoms with Gasteiger partial charge in [0.25, 0.3) is 0 Å². The van der Waals surface area contributed by atoms with Crippen molar-refractivity contribution in [1.82, 2.24) is 15.5 Å². The van der Waals surface area contributed by atoms with Crippen molar-refractivity contribution in [1.29, 1.82) is 0 Å². The number of rotatable bonds is 9. The first-order valence-corrected chi connectivity index (χ1v) is 9.81. The molecule has 1 saturated heterocycles. The second-order valence-corrected chi connectivity index (χ2v) is 7.19. The van der Waals surface area contributed by atoms with Crippen LogP contribution in [0.1, 0.15) is 43.7 Å². The van der Waals surface area contributed by atoms with Crippen LogP contribution in [0.15, 0.2) is 24.3 Å². The molecule has 7 heteroatoms. The molecular weight excluding hydrogens is 358 g/mol. The third kappa shape index (κ3) is 6.48. The Balaban J connectivity index is 1.80. The van der Waals surface area contributed by atoms with Gasteiger partial charge in [-0.15, -0.1) is 0 Å². The zero-order chi connectivity index (χ0) is 20.5. The summed E-state index contributed by atoms with van der Waals surface area (Å²) in [5, 5.41) is 5.26. The molecule has 0 aliphatic carbocycles. The number of nitrogens with zero attached hydrogens (tertiary/aromatic N) is 1. The number of carbonyl (C=O) groups is 4. The lowest BCUT2D eigenvalue weighted by Gasteiger charge is -2.24. The number of ketones is 1. The third-order valence-corrected chi connectivity index (χ3v) is 4.75. The minimum Gasteiger partial charge on any atom is -0.347 e. The summed E-state index contributed by atoms with van der Waals surface area (Å²) in [6.45, 7) is 4.21. The van der Waals surface area contributed by atoms with Crippen molar-refractivity contribution < 1.29 is 19.2 Å². The van der Waals surface area contributed by atoms with Crippen molar-refractivity contribution in [3.63, 3.8) is 0 Å². The summed E-state index contributed by atoms with van der Waals surface area (Å²) in [7, 11) is 0. The number of carbonyl (C=O) groups excluding carboxylic acids is 4. The Kier molecular flexibility index (Phi) is 8.17. The van der Waals surface area contributed by atoms with E-state index in [0.29, 0.717) is 19.4 Å². The van der Waals surface area contributed by atoms with Gasteiger partial charge in [-0.1, -0.05) is 36.8 Å². The normalized spacial score (nSPS) is 15.9. The lowest BCUT2D eigenvalue weighted by atomic mass is 10.1. The lowest BCUT2D eigenvalue weighted by molar-refractivity contribution is -0.139. The Labute approximate surface area is 165 Å². The number of hydrogen-bond donors (Lipinski definition) is 2. The highest BCUT2D eigenvalue weighted by Crippen LogP contribution is 2.17. The first-order valence-electron chi connectivity index (χ1n) is 9.81. The number of hydrogen-bond acceptors (Lipinski definition) is 4. The molecule has 7 nitrogen and oxygen atoms in total. The van der Waals surface area contributed by atoms with Crippen molar-refractivity contribution in [2.45, 2.75) is 52.0 Å². The van der Waals surface area contributed by atoms with Gasteiger partial charge in [-0.05, 0) is 31.7 Å². The van der Waals surface area contributed by atoms with Gasteiger partial charge in [0, 0.05) is 13.0 Å². The van der Waals surface area contributed by atoms with E-state index in [9.17, 15) is 19.2 Å². The zero-order valence-electron chi connectivity index (χ0n) is 16.6. The largest absolute Gasteiger partial charge is 0.347 e. The monoisotopic (exact) mass is 387 g/mol. The van der Waals surface area contributed by atoms with Gasteiger partial charge in [-0.25, -0.2) is 0 Å². The van der Waals surface area contributed by atoms with Gasteiger partial charge >= 0.3 is 0 Å². The van der Waals surface area contributed by atoms with Crippen LogP contribution in [0, 0.1) is 6.92 Å². The predicted octanol–water partition coefficient (Wildman–Crippen LogP) is 1.13. The van der Waals surface area contributed by atoms with E-state index in [4.69, 9.17) is 0 Å². The maximum absolute atomic E-state index is 12.5. The first kappa shape index (κ1) is 21.6. The quantitative estimate of drug-likeness (QED) is 0.664. The fraction of sp³-hybridized carbons (Fsp3) is 0.524. The van der Waals surface area contributed by atoms with Crippen LogP contribution in [0.5, 0.6) is 0 Å². The third-order valence-electron chi connectivity index (χ3n) is 4.75. The van der Waals surface area contributed by atoms with Crippen LogP contribution in [0.2, 0.25) is 0 Å². The molecule has 0 aromatic heterocycles. The van der Waals surface area contributed by atoms with Crippen molar-refractivity contribution >= 4 is 23.5 Å². The summed E-state index contributed by atoms with van der Waals surface area (Å²) in [4.78, 5) is 50.0. The summed E-state index contributed by atoms with van der Waals surface area (Å²) in [5.41, 5.74) is 1.96. The highest BCUT2D eigenvalue weighted by molar-refractivity contribution is 5.92. The Hall–Kier alpha value is -2.70. The smallest absolute Gasteiger partial charge is 0.243 e. The van der Waals surface area contributed by atoms with Gasteiger partial charge < -0.3 is 15.5 Å². The number of nitrogens with one attached hydrogen (secondary N) is 2. The number of amides is 3. The SMILES string of the molecule is CCCC(=O)CNC(=O)C1CCCN1C(=O)CNC(=O)Cc1cccc(C)c1. The van der Waals surface area contributed by atoms with Crippen LogP contribution < -0.4 is 10.6 Å². The Morgan fingerprint density at radius 1 is 1.14 bits per heavy atom. The van der Waals surface area contributed by atoms with Gasteiger partial charge in [0.2, 0.25) is 17.7 Å². The van der Waals surface area contributed by atoms with Crippen molar-refractivity contribution in [2.75, 3.05) is 19.6 Å². The minimum absolute atomic E-state index is 0.00156. The number of likely N-dealkylation sites (tertiary alicyclic amines) is 1. The van der Waals surface area contributed by atoms with Crippen LogP contribution in [0.3, 0.4) is 0 Å². The highest BCUT2D eigenvalue weighted by Gasteiger charge is 2.33. The van der Waals surface area contributed by atoms with E-state index in [2.05, 4.69) is 10.6 Å². The fourth-order valence-corrected chi connectivity index (χ4v) is 3.35. The van der Waals surface area contributed by atoms with Gasteiger partial charge in [-0.2, -0.15) is 0 Å². The van der Waals surface area contributed by atoms with Crippen molar-refractivity contribution in [2.24, 2.45) is 0 Å². The molecule has 3 amide bonds. The predicted molar refractivity (Wildman–Crippen MR) is 106 cm³/mol. The van der Waals surface area contributed by atoms with Gasteiger partial charge in [0.1, 0.15) is 6.04 Å². The molecule has 1 aromatic rings. The average Bonchev–Trinajstić information content (AvgIpc) is 3.14. The topological polar surface area (TPSA) is 95.6 Å². The Morgan fingerprint density at radius 3 is 2.64 bits per heavy atom. The molecule has 0 radical (unpaired) electrons. The molecule has 1 heterocycles. The molecule has 152 valence electrons. The molecule has 1 aliphatic heterocycles. The van der Waals surface area contributed by atoms with E-state index < -0.39 is 6.04 Å². The Bertz CT molecular complexity index is 732. The standard InChI is InChI=1S/C21H29N3O4/c1-3-6-17(25)13-23-21(28)18-9-5-10-24(18)20(27)14-22-19(26)12-16-8-4-7-15(2)11-16/h4,7-8,11,18H,3,5-6,9-10,12-14H2,1-2H3,(H,22,26)(H,23,28). The molecule has 0 spiro atoms. The van der Waals surface area contributed by atoms with Crippen LogP contribution in [-0.4, -0.2) is 54.1 Å². The molecule has 2 N–H and O–H groups in total. The second kappa shape index (κ2) is 10.6. The number of Topliss-reactive ketones (excluding diaryl/α,β-unsaturated/α-hetero) is 1. The molecule has 28 heavy (non-hydrogen) atoms. The highest BCUT2D eigenvalue weighted by atomic mass is 16.2. The maximum Gasteiger partial charge on any atom is 0.243 e. The van der Waals surface area contributed by atoms with Gasteiger partial charge in [0.15, 0.2) is 5.78 Å². The van der Waals surface area contributed by atoms with Gasteiger partial charge in [0.05, 0.1) is 19.5 Å². The molecule has 1 fully saturated rings. The van der Waals surface area contributed by atoms with E-state index >= 15 is 0 Å². The number of benzene rings is 1. The zero-order valence-corrected chi connectivity index (χ0v) is 16.6. The van der Waals surface area contributed by atoms with E-state index in [1.54, 1.807) is 0 Å². The molecule has 1 aromatic carbocycles. The molecule has 1 atom stereocenters. The Morgan fingerprint density at radius 2 is 1.93 bits per heavy atom. The maximum atomic E-state index is 12.5. The first-order chi connectivity index (χ1) is 13.4. The van der Waals surface area contributed by atoms with E-state index in [1.807, 2.05) is 38.1 Å². The summed E-state index contributed by atoms with van der Waals surface area (Å²) in [6, 6.07) is 7.08. The molecular formula is C21H29N3O4. The summed E-state index contributed by atoms with van der Waals surface area (Å²) >= 11 is 0. The molecule has 0 bridgehead atoms.